The second kappa shape index (κ2) is 5.85. The van der Waals surface area contributed by atoms with Crippen molar-refractivity contribution in [3.63, 3.8) is 0 Å². The fourth-order valence-electron chi connectivity index (χ4n) is 2.76. The molecule has 0 aliphatic carbocycles. The molecule has 1 fully saturated rings. The molecule has 1 saturated heterocycles. The van der Waals surface area contributed by atoms with Crippen molar-refractivity contribution in [3.05, 3.63) is 42.2 Å². The van der Waals surface area contributed by atoms with Crippen molar-refractivity contribution in [2.24, 2.45) is 0 Å². The molecule has 3 rings (SSSR count). The third-order valence-electron chi connectivity index (χ3n) is 3.95. The van der Waals surface area contributed by atoms with E-state index >= 15 is 0 Å². The average Bonchev–Trinajstić information content (AvgIpc) is 2.86. The molecule has 1 aliphatic heterocycles. The van der Waals surface area contributed by atoms with Gasteiger partial charge in [-0.3, -0.25) is 9.78 Å². The molecule has 0 spiro atoms. The van der Waals surface area contributed by atoms with Crippen LogP contribution >= 0.6 is 10.7 Å². The zero-order valence-corrected chi connectivity index (χ0v) is 13.3. The quantitative estimate of drug-likeness (QED) is 0.799. The highest BCUT2D eigenvalue weighted by atomic mass is 35.7. The van der Waals surface area contributed by atoms with E-state index in [1.807, 2.05) is 30.3 Å². The van der Waals surface area contributed by atoms with E-state index in [0.29, 0.717) is 13.0 Å². The molecule has 0 bridgehead atoms. The summed E-state index contributed by atoms with van der Waals surface area (Å²) in [5.41, 5.74) is 0.906. The number of pyridine rings is 1. The number of hydrogen-bond donors (Lipinski definition) is 0. The normalized spacial score (nSPS) is 19.0. The van der Waals surface area contributed by atoms with Gasteiger partial charge in [-0.25, -0.2) is 8.42 Å². The van der Waals surface area contributed by atoms with Gasteiger partial charge in [-0.05, 0) is 11.5 Å². The van der Waals surface area contributed by atoms with Gasteiger partial charge in [0, 0.05) is 53.9 Å². The Morgan fingerprint density at radius 3 is 2.77 bits per heavy atom. The molecule has 1 atom stereocenters. The highest BCUT2D eigenvalue weighted by molar-refractivity contribution is 8.14. The molecular weight excluding hydrogens is 324 g/mol. The number of benzene rings is 1. The second-order valence-corrected chi connectivity index (χ2v) is 8.28. The van der Waals surface area contributed by atoms with Gasteiger partial charge >= 0.3 is 0 Å². The van der Waals surface area contributed by atoms with E-state index in [1.54, 1.807) is 11.1 Å². The lowest BCUT2D eigenvalue weighted by Crippen LogP contribution is -2.29. The number of carbonyl (C=O) groups is 1. The number of aromatic nitrogens is 1. The van der Waals surface area contributed by atoms with E-state index in [9.17, 15) is 13.2 Å². The predicted molar refractivity (Wildman–Crippen MR) is 85.2 cm³/mol. The van der Waals surface area contributed by atoms with Crippen molar-refractivity contribution in [3.8, 4) is 0 Å². The minimum Gasteiger partial charge on any atom is -0.341 e. The Labute approximate surface area is 133 Å². The monoisotopic (exact) mass is 338 g/mol. The number of halogens is 1. The highest BCUT2D eigenvalue weighted by Gasteiger charge is 2.36. The SMILES string of the molecule is O=C1CC(S(=O)(=O)Cl)CN1CCc1nccc2ccccc12. The molecule has 7 heteroatoms. The summed E-state index contributed by atoms with van der Waals surface area (Å²) in [6, 6.07) is 9.86. The summed E-state index contributed by atoms with van der Waals surface area (Å²) >= 11 is 0. The number of hydrogen-bond acceptors (Lipinski definition) is 4. The molecule has 2 heterocycles. The molecule has 1 aliphatic rings. The first-order valence-corrected chi connectivity index (χ1v) is 9.36. The predicted octanol–water partition coefficient (Wildman–Crippen LogP) is 1.95. The van der Waals surface area contributed by atoms with E-state index in [2.05, 4.69) is 4.98 Å². The molecule has 0 radical (unpaired) electrons. The van der Waals surface area contributed by atoms with Crippen LogP contribution in [-0.4, -0.2) is 42.5 Å². The van der Waals surface area contributed by atoms with Gasteiger partial charge in [0.2, 0.25) is 15.0 Å². The molecule has 1 unspecified atom stereocenters. The first-order valence-electron chi connectivity index (χ1n) is 6.99. The van der Waals surface area contributed by atoms with Crippen molar-refractivity contribution in [1.82, 2.24) is 9.88 Å². The maximum absolute atomic E-state index is 11.9. The lowest BCUT2D eigenvalue weighted by Gasteiger charge is -2.16. The molecule has 5 nitrogen and oxygen atoms in total. The Kier molecular flexibility index (Phi) is 4.06. The van der Waals surface area contributed by atoms with Gasteiger partial charge in [-0.1, -0.05) is 24.3 Å². The molecule has 116 valence electrons. The van der Waals surface area contributed by atoms with Crippen LogP contribution < -0.4 is 0 Å². The Morgan fingerprint density at radius 2 is 2.05 bits per heavy atom. The maximum Gasteiger partial charge on any atom is 0.237 e. The number of fused-ring (bicyclic) bond motifs is 1. The largest absolute Gasteiger partial charge is 0.341 e. The third-order valence-corrected chi connectivity index (χ3v) is 5.82. The van der Waals surface area contributed by atoms with Crippen molar-refractivity contribution in [2.75, 3.05) is 13.1 Å². The summed E-state index contributed by atoms with van der Waals surface area (Å²) in [5, 5.41) is 1.35. The van der Waals surface area contributed by atoms with Crippen LogP contribution in [0.3, 0.4) is 0 Å². The number of rotatable bonds is 4. The minimum absolute atomic E-state index is 0.0329. The second-order valence-electron chi connectivity index (χ2n) is 5.37. The van der Waals surface area contributed by atoms with Crippen LogP contribution in [0.25, 0.3) is 10.8 Å². The Morgan fingerprint density at radius 1 is 1.27 bits per heavy atom. The number of nitrogens with zero attached hydrogens (tertiary/aromatic N) is 2. The van der Waals surface area contributed by atoms with Gasteiger partial charge in [0.05, 0.1) is 0 Å². The van der Waals surface area contributed by atoms with Gasteiger partial charge in [0.1, 0.15) is 5.25 Å². The molecule has 1 amide bonds. The van der Waals surface area contributed by atoms with E-state index in [0.717, 1.165) is 16.5 Å². The molecule has 0 N–H and O–H groups in total. The molecule has 2 aromatic rings. The maximum atomic E-state index is 11.9. The lowest BCUT2D eigenvalue weighted by molar-refractivity contribution is -0.127. The van der Waals surface area contributed by atoms with Gasteiger partial charge in [0.25, 0.3) is 0 Å². The van der Waals surface area contributed by atoms with Crippen molar-refractivity contribution in [2.45, 2.75) is 18.1 Å². The number of amides is 1. The summed E-state index contributed by atoms with van der Waals surface area (Å²) < 4.78 is 22.7. The van der Waals surface area contributed by atoms with Crippen LogP contribution in [0, 0.1) is 0 Å². The topological polar surface area (TPSA) is 67.3 Å². The highest BCUT2D eigenvalue weighted by Crippen LogP contribution is 2.22. The van der Waals surface area contributed by atoms with Crippen LogP contribution in [0.4, 0.5) is 0 Å². The van der Waals surface area contributed by atoms with Gasteiger partial charge in [-0.15, -0.1) is 0 Å². The summed E-state index contributed by atoms with van der Waals surface area (Å²) in [6.45, 7) is 0.609. The molecule has 0 saturated carbocycles. The lowest BCUT2D eigenvalue weighted by atomic mass is 10.1. The average molecular weight is 339 g/mol. The van der Waals surface area contributed by atoms with Crippen LogP contribution in [-0.2, 0) is 20.3 Å². The molecule has 22 heavy (non-hydrogen) atoms. The standard InChI is InChI=1S/C15H15ClN2O3S/c16-22(20,21)12-9-15(19)18(10-12)8-6-14-13-4-2-1-3-11(13)5-7-17-14/h1-5,7,12H,6,8-10H2. The number of carbonyl (C=O) groups excluding carboxylic acids is 1. The minimum atomic E-state index is -3.69. The van der Waals surface area contributed by atoms with E-state index in [4.69, 9.17) is 10.7 Å². The summed E-state index contributed by atoms with van der Waals surface area (Å²) in [5.74, 6) is -0.172. The van der Waals surface area contributed by atoms with E-state index in [1.165, 1.54) is 0 Å². The number of likely N-dealkylation sites (tertiary alicyclic amines) is 1. The Bertz CT molecular complexity index is 817. The first-order chi connectivity index (χ1) is 10.4. The smallest absolute Gasteiger partial charge is 0.237 e. The van der Waals surface area contributed by atoms with Gasteiger partial charge < -0.3 is 4.90 Å². The van der Waals surface area contributed by atoms with Crippen molar-refractivity contribution in [1.29, 1.82) is 0 Å². The molecule has 1 aromatic carbocycles. The van der Waals surface area contributed by atoms with Gasteiger partial charge in [-0.2, -0.15) is 0 Å². The summed E-state index contributed by atoms with van der Waals surface area (Å²) in [4.78, 5) is 17.8. The Balaban J connectivity index is 1.74. The van der Waals surface area contributed by atoms with Crippen LogP contribution in [0.15, 0.2) is 36.5 Å². The van der Waals surface area contributed by atoms with Crippen LogP contribution in [0.2, 0.25) is 0 Å². The Hall–Kier alpha value is -1.66. The van der Waals surface area contributed by atoms with Crippen LogP contribution in [0.1, 0.15) is 12.1 Å². The fraction of sp³-hybridized carbons (Fsp3) is 0.333. The van der Waals surface area contributed by atoms with Gasteiger partial charge in [0.15, 0.2) is 0 Å². The summed E-state index contributed by atoms with van der Waals surface area (Å²) in [7, 11) is 1.65. The van der Waals surface area contributed by atoms with Crippen molar-refractivity contribution < 1.29 is 13.2 Å². The van der Waals surface area contributed by atoms with Crippen LogP contribution in [0.5, 0.6) is 0 Å². The first kappa shape index (κ1) is 15.2. The fourth-order valence-corrected chi connectivity index (χ4v) is 3.82. The zero-order valence-electron chi connectivity index (χ0n) is 11.8. The zero-order chi connectivity index (χ0) is 15.7. The molecular formula is C15H15ClN2O3S. The van der Waals surface area contributed by atoms with E-state index in [-0.39, 0.29) is 18.9 Å². The van der Waals surface area contributed by atoms with E-state index < -0.39 is 14.3 Å². The molecule has 1 aromatic heterocycles. The van der Waals surface area contributed by atoms with Crippen molar-refractivity contribution >= 4 is 36.4 Å². The summed E-state index contributed by atoms with van der Waals surface area (Å²) in [6.07, 6.45) is 2.30. The third kappa shape index (κ3) is 3.08.